The van der Waals surface area contributed by atoms with Gasteiger partial charge in [0.2, 0.25) is 5.91 Å². The second-order valence-corrected chi connectivity index (χ2v) is 7.16. The van der Waals surface area contributed by atoms with Crippen molar-refractivity contribution in [2.75, 3.05) is 36.6 Å². The van der Waals surface area contributed by atoms with Gasteiger partial charge in [0.1, 0.15) is 18.0 Å². The summed E-state index contributed by atoms with van der Waals surface area (Å²) in [4.78, 5) is 50.6. The van der Waals surface area contributed by atoms with Crippen molar-refractivity contribution in [3.63, 3.8) is 0 Å². The van der Waals surface area contributed by atoms with E-state index in [0.29, 0.717) is 35.0 Å². The molecule has 2 aromatic rings. The molecule has 9 heteroatoms. The third-order valence-electron chi connectivity index (χ3n) is 4.85. The summed E-state index contributed by atoms with van der Waals surface area (Å²) in [5, 5.41) is 2.76. The Balaban J connectivity index is 1.75. The van der Waals surface area contributed by atoms with E-state index in [4.69, 9.17) is 14.2 Å². The molecule has 33 heavy (non-hydrogen) atoms. The standard InChI is InChI=1S/C24H26N2O7/c1-3-31-20-8-6-5-7-17(20)25-22(28)14-26-18-13-16(9-11-21(18)33-15-23(26)29)19(27)10-12-24(30)32-4-2/h5-9,11,13H,3-4,10,12,14-15H2,1-2H3,(H,25,28). The van der Waals surface area contributed by atoms with Gasteiger partial charge < -0.3 is 19.5 Å². The number of amides is 2. The number of carbonyl (C=O) groups excluding carboxylic acids is 4. The Bertz CT molecular complexity index is 1050. The second kappa shape index (κ2) is 11.1. The first-order chi connectivity index (χ1) is 15.9. The number of esters is 1. The summed E-state index contributed by atoms with van der Waals surface area (Å²) in [7, 11) is 0. The average Bonchev–Trinajstić information content (AvgIpc) is 2.80. The maximum atomic E-state index is 12.7. The Kier molecular flexibility index (Phi) is 8.01. The number of rotatable bonds is 10. The van der Waals surface area contributed by atoms with Gasteiger partial charge in [-0.1, -0.05) is 12.1 Å². The van der Waals surface area contributed by atoms with Gasteiger partial charge in [-0.2, -0.15) is 0 Å². The van der Waals surface area contributed by atoms with Crippen molar-refractivity contribution in [2.45, 2.75) is 26.7 Å². The lowest BCUT2D eigenvalue weighted by atomic mass is 10.0. The molecule has 0 radical (unpaired) electrons. The Morgan fingerprint density at radius 2 is 1.85 bits per heavy atom. The van der Waals surface area contributed by atoms with Gasteiger partial charge in [-0.25, -0.2) is 0 Å². The van der Waals surface area contributed by atoms with Crippen LogP contribution in [0.3, 0.4) is 0 Å². The van der Waals surface area contributed by atoms with E-state index in [-0.39, 0.29) is 38.4 Å². The molecule has 9 nitrogen and oxygen atoms in total. The molecule has 2 aromatic carbocycles. The molecule has 0 saturated carbocycles. The van der Waals surface area contributed by atoms with Crippen molar-refractivity contribution in [3.8, 4) is 11.5 Å². The van der Waals surface area contributed by atoms with Crippen molar-refractivity contribution in [2.24, 2.45) is 0 Å². The first-order valence-electron chi connectivity index (χ1n) is 10.7. The number of fused-ring (bicyclic) bond motifs is 1. The number of nitrogens with zero attached hydrogens (tertiary/aromatic N) is 1. The van der Waals surface area contributed by atoms with Gasteiger partial charge in [-0.05, 0) is 44.2 Å². The molecule has 0 saturated heterocycles. The maximum Gasteiger partial charge on any atom is 0.306 e. The topological polar surface area (TPSA) is 111 Å². The lowest BCUT2D eigenvalue weighted by Crippen LogP contribution is -2.43. The minimum absolute atomic E-state index is 0.0267. The molecule has 1 heterocycles. The van der Waals surface area contributed by atoms with E-state index in [9.17, 15) is 19.2 Å². The molecule has 3 rings (SSSR count). The highest BCUT2D eigenvalue weighted by molar-refractivity contribution is 6.07. The van der Waals surface area contributed by atoms with Crippen molar-refractivity contribution < 1.29 is 33.4 Å². The van der Waals surface area contributed by atoms with E-state index in [2.05, 4.69) is 5.32 Å². The molecular weight excluding hydrogens is 428 g/mol. The molecule has 1 N–H and O–H groups in total. The summed E-state index contributed by atoms with van der Waals surface area (Å²) in [6.45, 7) is 3.74. The van der Waals surface area contributed by atoms with E-state index in [1.165, 1.54) is 11.0 Å². The van der Waals surface area contributed by atoms with Crippen LogP contribution in [0.15, 0.2) is 42.5 Å². The van der Waals surface area contributed by atoms with Crippen molar-refractivity contribution in [1.29, 1.82) is 0 Å². The van der Waals surface area contributed by atoms with E-state index < -0.39 is 17.8 Å². The van der Waals surface area contributed by atoms with Gasteiger partial charge in [0, 0.05) is 12.0 Å². The first-order valence-corrected chi connectivity index (χ1v) is 10.7. The summed E-state index contributed by atoms with van der Waals surface area (Å²) in [6.07, 6.45) is -0.0638. The van der Waals surface area contributed by atoms with Gasteiger partial charge in [0.05, 0.1) is 31.0 Å². The van der Waals surface area contributed by atoms with Crippen LogP contribution in [0, 0.1) is 0 Å². The largest absolute Gasteiger partial charge is 0.492 e. The predicted molar refractivity (Wildman–Crippen MR) is 121 cm³/mol. The van der Waals surface area contributed by atoms with Crippen LogP contribution in [0.25, 0.3) is 0 Å². The van der Waals surface area contributed by atoms with Crippen molar-refractivity contribution >= 4 is 34.9 Å². The Morgan fingerprint density at radius 3 is 2.61 bits per heavy atom. The number of carbonyl (C=O) groups is 4. The van der Waals surface area contributed by atoms with Gasteiger partial charge >= 0.3 is 5.97 Å². The molecule has 0 unspecified atom stereocenters. The number of Topliss-reactive ketones (excluding diaryl/α,β-unsaturated/α-hetero) is 1. The molecule has 0 bridgehead atoms. The molecule has 174 valence electrons. The zero-order chi connectivity index (χ0) is 23.8. The average molecular weight is 454 g/mol. The van der Waals surface area contributed by atoms with Crippen LogP contribution in [0.5, 0.6) is 11.5 Å². The van der Waals surface area contributed by atoms with E-state index in [1.54, 1.807) is 43.3 Å². The third-order valence-corrected chi connectivity index (χ3v) is 4.85. The van der Waals surface area contributed by atoms with Crippen molar-refractivity contribution in [1.82, 2.24) is 0 Å². The van der Waals surface area contributed by atoms with E-state index >= 15 is 0 Å². The summed E-state index contributed by atoms with van der Waals surface area (Å²) >= 11 is 0. The van der Waals surface area contributed by atoms with Gasteiger partial charge in [0.25, 0.3) is 5.91 Å². The van der Waals surface area contributed by atoms with E-state index in [1.807, 2.05) is 6.92 Å². The number of benzene rings is 2. The van der Waals surface area contributed by atoms with Gasteiger partial charge in [0.15, 0.2) is 12.4 Å². The molecular formula is C24H26N2O7. The molecule has 1 aliphatic rings. The number of ether oxygens (including phenoxy) is 3. The SMILES string of the molecule is CCOC(=O)CCC(=O)c1ccc2c(c1)N(CC(=O)Nc1ccccc1OCC)C(=O)CO2. The van der Waals surface area contributed by atoms with Crippen LogP contribution in [0.1, 0.15) is 37.0 Å². The molecule has 2 amide bonds. The summed E-state index contributed by atoms with van der Waals surface area (Å²) in [5.41, 5.74) is 1.12. The van der Waals surface area contributed by atoms with Crippen molar-refractivity contribution in [3.05, 3.63) is 48.0 Å². The highest BCUT2D eigenvalue weighted by Crippen LogP contribution is 2.33. The lowest BCUT2D eigenvalue weighted by molar-refractivity contribution is -0.143. The quantitative estimate of drug-likeness (QED) is 0.434. The molecule has 0 atom stereocenters. The fourth-order valence-corrected chi connectivity index (χ4v) is 3.33. The molecule has 0 aliphatic carbocycles. The fraction of sp³-hybridized carbons (Fsp3) is 0.333. The highest BCUT2D eigenvalue weighted by atomic mass is 16.5. The summed E-state index contributed by atoms with van der Waals surface area (Å²) < 4.78 is 15.8. The fourth-order valence-electron chi connectivity index (χ4n) is 3.33. The van der Waals surface area contributed by atoms with Crippen LogP contribution in [0.4, 0.5) is 11.4 Å². The number of hydrogen-bond donors (Lipinski definition) is 1. The smallest absolute Gasteiger partial charge is 0.306 e. The number of ketones is 1. The monoisotopic (exact) mass is 454 g/mol. The zero-order valence-corrected chi connectivity index (χ0v) is 18.6. The summed E-state index contributed by atoms with van der Waals surface area (Å²) in [5.74, 6) is -0.656. The van der Waals surface area contributed by atoms with E-state index in [0.717, 1.165) is 0 Å². The van der Waals surface area contributed by atoms with Gasteiger partial charge in [-0.3, -0.25) is 24.1 Å². The zero-order valence-electron chi connectivity index (χ0n) is 18.6. The molecule has 1 aliphatic heterocycles. The van der Waals surface area contributed by atoms with Crippen LogP contribution in [-0.4, -0.2) is 49.9 Å². The molecule has 0 fully saturated rings. The third kappa shape index (κ3) is 6.09. The predicted octanol–water partition coefficient (Wildman–Crippen LogP) is 2.98. The molecule has 0 aromatic heterocycles. The lowest BCUT2D eigenvalue weighted by Gasteiger charge is -2.29. The Labute approximate surface area is 191 Å². The maximum absolute atomic E-state index is 12.7. The normalized spacial score (nSPS) is 12.4. The first kappa shape index (κ1) is 23.8. The molecule has 0 spiro atoms. The van der Waals surface area contributed by atoms with Gasteiger partial charge in [-0.15, -0.1) is 0 Å². The Morgan fingerprint density at radius 1 is 1.06 bits per heavy atom. The summed E-state index contributed by atoms with van der Waals surface area (Å²) in [6, 6.07) is 11.7. The van der Waals surface area contributed by atoms with Crippen LogP contribution >= 0.6 is 0 Å². The number of hydrogen-bond acceptors (Lipinski definition) is 7. The number of para-hydroxylation sites is 2. The minimum atomic E-state index is -0.451. The number of anilines is 2. The number of nitrogens with one attached hydrogen (secondary N) is 1. The Hall–Kier alpha value is -3.88. The minimum Gasteiger partial charge on any atom is -0.492 e. The van der Waals surface area contributed by atoms with Crippen LogP contribution in [-0.2, 0) is 19.1 Å². The van der Waals surface area contributed by atoms with Crippen LogP contribution in [0.2, 0.25) is 0 Å². The highest BCUT2D eigenvalue weighted by Gasteiger charge is 2.28. The second-order valence-electron chi connectivity index (χ2n) is 7.16. The van der Waals surface area contributed by atoms with Crippen LogP contribution < -0.4 is 19.7 Å².